The van der Waals surface area contributed by atoms with Crippen LogP contribution in [0.1, 0.15) is 23.2 Å². The summed E-state index contributed by atoms with van der Waals surface area (Å²) in [6.45, 7) is 7.54. The quantitative estimate of drug-likeness (QED) is 0.410. The number of aromatic nitrogens is 3. The average molecular weight is 506 g/mol. The number of ether oxygens (including phenoxy) is 1. The van der Waals surface area contributed by atoms with Gasteiger partial charge in [-0.25, -0.2) is 9.48 Å². The fourth-order valence-corrected chi connectivity index (χ4v) is 5.13. The van der Waals surface area contributed by atoms with Crippen LogP contribution in [0, 0.1) is 6.92 Å². The highest BCUT2D eigenvalue weighted by molar-refractivity contribution is 5.91. The van der Waals surface area contributed by atoms with Crippen molar-refractivity contribution in [2.45, 2.75) is 32.5 Å². The van der Waals surface area contributed by atoms with Gasteiger partial charge in [-0.15, -0.1) is 0 Å². The lowest BCUT2D eigenvalue weighted by atomic mass is 10.1. The second-order valence-corrected chi connectivity index (χ2v) is 9.71. The molecule has 2 aliphatic heterocycles. The number of amides is 2. The summed E-state index contributed by atoms with van der Waals surface area (Å²) in [5, 5.41) is 20.4. The van der Waals surface area contributed by atoms with E-state index in [2.05, 4.69) is 26.5 Å². The molecule has 0 saturated carbocycles. The molecule has 10 heteroatoms. The number of nitrogens with zero attached hydrogens (tertiary/aromatic N) is 5. The Morgan fingerprint density at radius 1 is 1.19 bits per heavy atom. The Hall–Kier alpha value is -3.31. The molecule has 0 aliphatic carbocycles. The molecule has 3 N–H and O–H groups in total. The summed E-state index contributed by atoms with van der Waals surface area (Å²) in [5.74, 6) is 0.635. The predicted octanol–water partition coefficient (Wildman–Crippen LogP) is 2.39. The molecule has 2 amide bonds. The maximum atomic E-state index is 13.1. The van der Waals surface area contributed by atoms with Crippen LogP contribution in [0.25, 0.3) is 16.9 Å². The number of pyridine rings is 1. The minimum atomic E-state index is -0.239. The van der Waals surface area contributed by atoms with Gasteiger partial charge in [0, 0.05) is 69.7 Å². The van der Waals surface area contributed by atoms with Crippen LogP contribution >= 0.6 is 0 Å². The molecular formula is C27H35N7O3. The van der Waals surface area contributed by atoms with E-state index in [9.17, 15) is 9.90 Å². The molecule has 5 rings (SSSR count). The molecular weight excluding hydrogens is 470 g/mol. The summed E-state index contributed by atoms with van der Waals surface area (Å²) >= 11 is 0. The number of para-hydroxylation sites is 1. The number of rotatable bonds is 9. The lowest BCUT2D eigenvalue weighted by molar-refractivity contribution is 0.160. The van der Waals surface area contributed by atoms with E-state index in [1.54, 1.807) is 11.8 Å². The number of nitrogens with one attached hydrogen (secondary N) is 2. The van der Waals surface area contributed by atoms with E-state index in [-0.39, 0.29) is 18.7 Å². The Kier molecular flexibility index (Phi) is 7.80. The van der Waals surface area contributed by atoms with Gasteiger partial charge in [0.2, 0.25) is 0 Å². The van der Waals surface area contributed by atoms with Crippen molar-refractivity contribution in [2.75, 3.05) is 51.8 Å². The largest absolute Gasteiger partial charge is 0.395 e. The number of aliphatic hydroxyl groups is 1. The second-order valence-electron chi connectivity index (χ2n) is 9.71. The monoisotopic (exact) mass is 505 g/mol. The first-order chi connectivity index (χ1) is 18.1. The van der Waals surface area contributed by atoms with Gasteiger partial charge >= 0.3 is 6.03 Å². The Balaban J connectivity index is 1.38. The number of benzene rings is 1. The highest BCUT2D eigenvalue weighted by Crippen LogP contribution is 2.32. The molecule has 196 valence electrons. The highest BCUT2D eigenvalue weighted by Gasteiger charge is 2.26. The zero-order valence-electron chi connectivity index (χ0n) is 21.5. The molecule has 3 aromatic rings. The number of aliphatic hydroxyl groups excluding tert-OH is 1. The highest BCUT2D eigenvalue weighted by atomic mass is 16.5. The Labute approximate surface area is 217 Å². The van der Waals surface area contributed by atoms with Crippen molar-refractivity contribution in [3.8, 4) is 16.9 Å². The molecule has 4 heterocycles. The average Bonchev–Trinajstić information content (AvgIpc) is 3.60. The van der Waals surface area contributed by atoms with E-state index in [0.29, 0.717) is 19.0 Å². The van der Waals surface area contributed by atoms with E-state index < -0.39 is 0 Å². The van der Waals surface area contributed by atoms with Crippen molar-refractivity contribution in [1.82, 2.24) is 29.9 Å². The van der Waals surface area contributed by atoms with Crippen LogP contribution in [0.4, 0.5) is 10.6 Å². The lowest BCUT2D eigenvalue weighted by Gasteiger charge is -2.17. The van der Waals surface area contributed by atoms with Crippen molar-refractivity contribution in [2.24, 2.45) is 0 Å². The van der Waals surface area contributed by atoms with Gasteiger partial charge in [-0.2, -0.15) is 5.10 Å². The van der Waals surface area contributed by atoms with Crippen LogP contribution in [0.5, 0.6) is 0 Å². The maximum absolute atomic E-state index is 13.1. The molecule has 1 aromatic carbocycles. The van der Waals surface area contributed by atoms with Gasteiger partial charge in [-0.1, -0.05) is 18.2 Å². The fourth-order valence-electron chi connectivity index (χ4n) is 5.13. The summed E-state index contributed by atoms with van der Waals surface area (Å²) in [5.41, 5.74) is 5.60. The Bertz CT molecular complexity index is 1230. The number of methoxy groups -OCH3 is 1. The molecule has 10 nitrogen and oxygen atoms in total. The second kappa shape index (κ2) is 11.4. The first-order valence-electron chi connectivity index (χ1n) is 12.8. The number of urea groups is 1. The smallest absolute Gasteiger partial charge is 0.320 e. The zero-order chi connectivity index (χ0) is 25.8. The first kappa shape index (κ1) is 25.3. The first-order valence-corrected chi connectivity index (χ1v) is 12.8. The number of carbonyl (C=O) groups is 1. The van der Waals surface area contributed by atoms with Crippen molar-refractivity contribution < 1.29 is 14.6 Å². The summed E-state index contributed by atoms with van der Waals surface area (Å²) in [4.78, 5) is 22.2. The Morgan fingerprint density at radius 3 is 2.81 bits per heavy atom. The molecule has 2 aliphatic rings. The number of likely N-dealkylation sites (tertiary alicyclic amines) is 1. The number of anilines is 1. The van der Waals surface area contributed by atoms with Crippen molar-refractivity contribution in [3.63, 3.8) is 0 Å². The van der Waals surface area contributed by atoms with E-state index >= 15 is 0 Å². The van der Waals surface area contributed by atoms with Gasteiger partial charge in [0.1, 0.15) is 5.82 Å². The van der Waals surface area contributed by atoms with Crippen LogP contribution in [-0.4, -0.2) is 88.2 Å². The maximum Gasteiger partial charge on any atom is 0.320 e. The summed E-state index contributed by atoms with van der Waals surface area (Å²) in [7, 11) is 1.70. The Morgan fingerprint density at radius 2 is 2.03 bits per heavy atom. The number of β-amino-alcohol motifs (C(OH)–C–C–N with tert-alkyl or cyclic N) is 1. The van der Waals surface area contributed by atoms with Crippen LogP contribution in [0.15, 0.2) is 42.6 Å². The third kappa shape index (κ3) is 5.67. The van der Waals surface area contributed by atoms with E-state index in [4.69, 9.17) is 14.8 Å². The minimum Gasteiger partial charge on any atom is -0.395 e. The molecule has 1 unspecified atom stereocenters. The van der Waals surface area contributed by atoms with Gasteiger partial charge in [-0.3, -0.25) is 20.1 Å². The lowest BCUT2D eigenvalue weighted by Crippen LogP contribution is -2.40. The molecule has 0 spiro atoms. The van der Waals surface area contributed by atoms with Gasteiger partial charge in [0.05, 0.1) is 30.3 Å². The summed E-state index contributed by atoms with van der Waals surface area (Å²) < 4.78 is 6.97. The van der Waals surface area contributed by atoms with Gasteiger partial charge in [-0.05, 0) is 37.1 Å². The summed E-state index contributed by atoms with van der Waals surface area (Å²) in [6, 6.07) is 11.8. The van der Waals surface area contributed by atoms with Crippen LogP contribution in [-0.2, 0) is 17.8 Å². The number of hydrogen-bond donors (Lipinski definition) is 3. The molecule has 1 atom stereocenters. The molecule has 1 fully saturated rings. The van der Waals surface area contributed by atoms with Crippen LogP contribution < -0.4 is 10.6 Å². The minimum absolute atomic E-state index is 0.0903. The molecule has 0 radical (unpaired) electrons. The number of carbonyl (C=O) groups excluding carboxylic acids is 1. The van der Waals surface area contributed by atoms with Crippen LogP contribution in [0.3, 0.4) is 0 Å². The fraction of sp³-hybridized carbons (Fsp3) is 0.444. The SMILES string of the molecule is COCCN1CCC(NC(=O)Nc2c(C)c(-c3cnc4c(c3)CN(CCO)C4)nn2-c2ccccc2)C1. The van der Waals surface area contributed by atoms with E-state index in [0.717, 1.165) is 72.9 Å². The predicted molar refractivity (Wildman–Crippen MR) is 142 cm³/mol. The third-order valence-electron chi connectivity index (χ3n) is 7.09. The van der Waals surface area contributed by atoms with E-state index in [1.807, 2.05) is 43.5 Å². The number of hydrogen-bond acceptors (Lipinski definition) is 7. The standard InChI is InChI=1S/C27H35N7O3/c1-19-25(20-14-21-16-33(10-12-35)18-24(21)28-15-20)31-34(23-6-4-3-5-7-23)26(19)30-27(36)29-22-8-9-32(17-22)11-13-37-2/h3-7,14-15,22,35H,8-13,16-18H2,1-2H3,(H2,29,30,36). The topological polar surface area (TPSA) is 108 Å². The molecule has 2 aromatic heterocycles. The van der Waals surface area contributed by atoms with Gasteiger partial charge < -0.3 is 15.2 Å². The van der Waals surface area contributed by atoms with Crippen molar-refractivity contribution in [1.29, 1.82) is 0 Å². The molecule has 1 saturated heterocycles. The van der Waals surface area contributed by atoms with Gasteiger partial charge in [0.25, 0.3) is 0 Å². The summed E-state index contributed by atoms with van der Waals surface area (Å²) in [6.07, 6.45) is 2.76. The van der Waals surface area contributed by atoms with Gasteiger partial charge in [0.15, 0.2) is 0 Å². The number of fused-ring (bicyclic) bond motifs is 1. The van der Waals surface area contributed by atoms with Crippen LogP contribution in [0.2, 0.25) is 0 Å². The van der Waals surface area contributed by atoms with Crippen molar-refractivity contribution >= 4 is 11.8 Å². The molecule has 0 bridgehead atoms. The third-order valence-corrected chi connectivity index (χ3v) is 7.09. The van der Waals surface area contributed by atoms with Crippen molar-refractivity contribution in [3.05, 3.63) is 59.4 Å². The molecule has 37 heavy (non-hydrogen) atoms. The van der Waals surface area contributed by atoms with E-state index in [1.165, 1.54) is 0 Å². The zero-order valence-corrected chi connectivity index (χ0v) is 21.5. The normalized spacial score (nSPS) is 17.8.